The van der Waals surface area contributed by atoms with Crippen molar-refractivity contribution in [3.05, 3.63) is 0 Å². The van der Waals surface area contributed by atoms with Crippen LogP contribution < -0.4 is 0 Å². The van der Waals surface area contributed by atoms with E-state index in [9.17, 15) is 13.2 Å². The summed E-state index contributed by atoms with van der Waals surface area (Å²) in [5.74, 6) is 0.441. The van der Waals surface area contributed by atoms with E-state index in [1.54, 1.807) is 4.90 Å². The second kappa shape index (κ2) is 6.45. The molecule has 0 bridgehead atoms. The molecule has 2 aliphatic rings. The SMILES string of the molecule is CCN(C)C[C@H]1COC2(CN(C(=O)CC(C)C)C2)CS1(=O)=O. The third-order valence-electron chi connectivity index (χ3n) is 4.50. The number of nitrogens with zero attached hydrogens (tertiary/aromatic N) is 2. The van der Waals surface area contributed by atoms with Crippen molar-refractivity contribution in [1.82, 2.24) is 9.80 Å². The van der Waals surface area contributed by atoms with Gasteiger partial charge >= 0.3 is 0 Å². The molecule has 1 spiro atoms. The average molecular weight is 332 g/mol. The molecule has 0 saturated carbocycles. The standard InChI is InChI=1S/C15H28N2O4S/c1-5-16(4)7-13-8-21-15(11-22(13,19)20)9-17(10-15)14(18)6-12(2)3/h12-13H,5-11H2,1-4H3/t13-/m0/s1. The van der Waals surface area contributed by atoms with Crippen molar-refractivity contribution in [2.24, 2.45) is 5.92 Å². The van der Waals surface area contributed by atoms with Gasteiger partial charge in [0.25, 0.3) is 0 Å². The van der Waals surface area contributed by atoms with Crippen molar-refractivity contribution in [2.75, 3.05) is 45.6 Å². The molecule has 2 rings (SSSR count). The fraction of sp³-hybridized carbons (Fsp3) is 0.933. The molecule has 0 unspecified atom stereocenters. The first-order chi connectivity index (χ1) is 10.2. The molecule has 0 radical (unpaired) electrons. The zero-order valence-corrected chi connectivity index (χ0v) is 14.9. The molecular weight excluding hydrogens is 304 g/mol. The molecule has 0 aromatic carbocycles. The van der Waals surface area contributed by atoms with E-state index in [0.717, 1.165) is 6.54 Å². The number of ether oxygens (including phenoxy) is 1. The van der Waals surface area contributed by atoms with Gasteiger partial charge in [-0.15, -0.1) is 0 Å². The Bertz CT molecular complexity index is 512. The predicted molar refractivity (Wildman–Crippen MR) is 85.5 cm³/mol. The van der Waals surface area contributed by atoms with Crippen LogP contribution in [0.2, 0.25) is 0 Å². The largest absolute Gasteiger partial charge is 0.369 e. The summed E-state index contributed by atoms with van der Waals surface area (Å²) in [7, 11) is -1.26. The summed E-state index contributed by atoms with van der Waals surface area (Å²) >= 11 is 0. The Morgan fingerprint density at radius 1 is 1.41 bits per heavy atom. The molecule has 2 aliphatic heterocycles. The molecule has 128 valence electrons. The van der Waals surface area contributed by atoms with E-state index < -0.39 is 20.7 Å². The molecule has 22 heavy (non-hydrogen) atoms. The third kappa shape index (κ3) is 3.81. The quantitative estimate of drug-likeness (QED) is 0.728. The van der Waals surface area contributed by atoms with Gasteiger partial charge < -0.3 is 14.5 Å². The van der Waals surface area contributed by atoms with Gasteiger partial charge in [-0.05, 0) is 19.5 Å². The maximum atomic E-state index is 12.5. The van der Waals surface area contributed by atoms with Crippen LogP contribution in [0.15, 0.2) is 0 Å². The first-order valence-corrected chi connectivity index (χ1v) is 9.71. The van der Waals surface area contributed by atoms with E-state index >= 15 is 0 Å². The Balaban J connectivity index is 1.92. The summed E-state index contributed by atoms with van der Waals surface area (Å²) in [6.45, 7) is 8.39. The second-order valence-corrected chi connectivity index (χ2v) is 9.41. The third-order valence-corrected chi connectivity index (χ3v) is 6.73. The van der Waals surface area contributed by atoms with Crippen molar-refractivity contribution in [3.63, 3.8) is 0 Å². The van der Waals surface area contributed by atoms with Crippen LogP contribution in [0.5, 0.6) is 0 Å². The highest BCUT2D eigenvalue weighted by Crippen LogP contribution is 2.33. The Kier molecular flexibility index (Phi) is 5.19. The lowest BCUT2D eigenvalue weighted by Gasteiger charge is -2.52. The lowest BCUT2D eigenvalue weighted by molar-refractivity contribution is -0.165. The Hall–Kier alpha value is -0.660. The number of hydrogen-bond donors (Lipinski definition) is 0. The van der Waals surface area contributed by atoms with Crippen LogP contribution in [0, 0.1) is 5.92 Å². The lowest BCUT2D eigenvalue weighted by Crippen LogP contribution is -2.71. The number of carbonyl (C=O) groups is 1. The average Bonchev–Trinajstić information content (AvgIpc) is 2.36. The summed E-state index contributed by atoms with van der Waals surface area (Å²) in [4.78, 5) is 15.7. The van der Waals surface area contributed by atoms with Gasteiger partial charge in [0.1, 0.15) is 5.60 Å². The Morgan fingerprint density at radius 3 is 2.55 bits per heavy atom. The van der Waals surface area contributed by atoms with E-state index in [1.807, 2.05) is 32.7 Å². The molecule has 0 aromatic rings. The minimum absolute atomic E-state index is 0.0354. The molecule has 0 aliphatic carbocycles. The number of hydrogen-bond acceptors (Lipinski definition) is 5. The van der Waals surface area contributed by atoms with Crippen LogP contribution in [0.4, 0.5) is 0 Å². The molecule has 2 saturated heterocycles. The lowest BCUT2D eigenvalue weighted by atomic mass is 9.94. The van der Waals surface area contributed by atoms with Gasteiger partial charge in [-0.1, -0.05) is 20.8 Å². The van der Waals surface area contributed by atoms with Gasteiger partial charge in [-0.2, -0.15) is 0 Å². The maximum Gasteiger partial charge on any atom is 0.223 e. The summed E-state index contributed by atoms with van der Waals surface area (Å²) < 4.78 is 30.9. The van der Waals surface area contributed by atoms with Crippen LogP contribution in [-0.2, 0) is 19.4 Å². The summed E-state index contributed by atoms with van der Waals surface area (Å²) in [5.41, 5.74) is -0.660. The molecular formula is C15H28N2O4S. The van der Waals surface area contributed by atoms with Crippen LogP contribution in [0.25, 0.3) is 0 Å². The van der Waals surface area contributed by atoms with Crippen molar-refractivity contribution < 1.29 is 17.9 Å². The molecule has 0 N–H and O–H groups in total. The number of rotatable bonds is 5. The summed E-state index contributed by atoms with van der Waals surface area (Å²) in [6, 6.07) is 0. The molecule has 2 heterocycles. The topological polar surface area (TPSA) is 66.9 Å². The highest BCUT2D eigenvalue weighted by molar-refractivity contribution is 7.92. The first-order valence-electron chi connectivity index (χ1n) is 7.99. The summed E-state index contributed by atoms with van der Waals surface area (Å²) in [6.07, 6.45) is 0.507. The van der Waals surface area contributed by atoms with E-state index in [2.05, 4.69) is 0 Å². The highest BCUT2D eigenvalue weighted by atomic mass is 32.2. The molecule has 1 atom stereocenters. The molecule has 1 amide bonds. The van der Waals surface area contributed by atoms with E-state index in [-0.39, 0.29) is 18.3 Å². The summed E-state index contributed by atoms with van der Waals surface area (Å²) in [5, 5.41) is -0.455. The van der Waals surface area contributed by atoms with Crippen molar-refractivity contribution in [2.45, 2.75) is 38.0 Å². The van der Waals surface area contributed by atoms with Crippen LogP contribution in [0.3, 0.4) is 0 Å². The highest BCUT2D eigenvalue weighted by Gasteiger charge is 2.53. The Labute approximate surface area is 133 Å². The zero-order chi connectivity index (χ0) is 16.5. The first kappa shape index (κ1) is 17.7. The zero-order valence-electron chi connectivity index (χ0n) is 14.0. The van der Waals surface area contributed by atoms with Gasteiger partial charge in [0.05, 0.1) is 30.7 Å². The minimum atomic E-state index is -3.17. The smallest absolute Gasteiger partial charge is 0.223 e. The monoisotopic (exact) mass is 332 g/mol. The van der Waals surface area contributed by atoms with Crippen molar-refractivity contribution in [3.8, 4) is 0 Å². The van der Waals surface area contributed by atoms with Gasteiger partial charge in [-0.25, -0.2) is 8.42 Å². The van der Waals surface area contributed by atoms with Crippen LogP contribution >= 0.6 is 0 Å². The van der Waals surface area contributed by atoms with Crippen LogP contribution in [-0.4, -0.2) is 80.6 Å². The fourth-order valence-corrected chi connectivity index (χ4v) is 5.02. The normalized spacial score (nSPS) is 26.5. The minimum Gasteiger partial charge on any atom is -0.369 e. The number of amides is 1. The molecule has 7 heteroatoms. The van der Waals surface area contributed by atoms with Gasteiger partial charge in [0, 0.05) is 13.0 Å². The van der Waals surface area contributed by atoms with Gasteiger partial charge in [0.2, 0.25) is 5.91 Å². The second-order valence-electron chi connectivity index (χ2n) is 7.13. The van der Waals surface area contributed by atoms with E-state index in [4.69, 9.17) is 4.74 Å². The van der Waals surface area contributed by atoms with E-state index in [0.29, 0.717) is 32.0 Å². The van der Waals surface area contributed by atoms with Gasteiger partial charge in [-0.3, -0.25) is 4.79 Å². The Morgan fingerprint density at radius 2 is 2.05 bits per heavy atom. The maximum absolute atomic E-state index is 12.5. The molecule has 2 fully saturated rings. The molecule has 6 nitrogen and oxygen atoms in total. The number of sulfone groups is 1. The predicted octanol–water partition coefficient (Wildman–Crippen LogP) is 0.379. The number of likely N-dealkylation sites (tertiary alicyclic amines) is 1. The van der Waals surface area contributed by atoms with Gasteiger partial charge in [0.15, 0.2) is 9.84 Å². The molecule has 0 aromatic heterocycles. The number of carbonyl (C=O) groups excluding carboxylic acids is 1. The van der Waals surface area contributed by atoms with Crippen molar-refractivity contribution in [1.29, 1.82) is 0 Å². The van der Waals surface area contributed by atoms with Crippen LogP contribution in [0.1, 0.15) is 27.2 Å². The van der Waals surface area contributed by atoms with Crippen molar-refractivity contribution >= 4 is 15.7 Å². The fourth-order valence-electron chi connectivity index (χ4n) is 3.03. The van der Waals surface area contributed by atoms with E-state index in [1.165, 1.54) is 0 Å².